The van der Waals surface area contributed by atoms with E-state index in [1.165, 1.54) is 36.0 Å². The lowest BCUT2D eigenvalue weighted by Gasteiger charge is -2.17. The molecule has 1 atom stereocenters. The average Bonchev–Trinajstić information content (AvgIpc) is 2.96. The maximum absolute atomic E-state index is 13.8. The van der Waals surface area contributed by atoms with E-state index < -0.39 is 22.6 Å². The summed E-state index contributed by atoms with van der Waals surface area (Å²) < 4.78 is 17.6. The van der Waals surface area contributed by atoms with Crippen LogP contribution in [0, 0.1) is 17.0 Å². The van der Waals surface area contributed by atoms with Crippen LogP contribution in [-0.2, 0) is 9.53 Å². The Morgan fingerprint density at radius 2 is 1.86 bits per heavy atom. The second-order valence-electron chi connectivity index (χ2n) is 9.87. The largest absolute Gasteiger partial charge is 0.496 e. The molecule has 1 heterocycles. The molecule has 0 radical (unpaired) electrons. The molecule has 1 aromatic heterocycles. The SMILES string of the molecule is CCOC(=O)[C@H](C)Oc1ccc([N+](=O)[O-])cc1C=Nn1c(-c2cc(C(C)C)c(OC)cc2C)nc2ccccc2c1=O. The van der Waals surface area contributed by atoms with Crippen LogP contribution in [0.1, 0.15) is 50.3 Å². The van der Waals surface area contributed by atoms with Crippen molar-refractivity contribution in [2.45, 2.75) is 46.6 Å². The number of carbonyl (C=O) groups is 1. The second kappa shape index (κ2) is 12.6. The Balaban J connectivity index is 1.93. The minimum absolute atomic E-state index is 0.120. The lowest BCUT2D eigenvalue weighted by Crippen LogP contribution is -2.26. The molecule has 0 N–H and O–H groups in total. The maximum atomic E-state index is 13.8. The van der Waals surface area contributed by atoms with Gasteiger partial charge < -0.3 is 14.2 Å². The molecule has 3 aromatic carbocycles. The van der Waals surface area contributed by atoms with E-state index in [-0.39, 0.29) is 35.3 Å². The number of rotatable bonds is 10. The highest BCUT2D eigenvalue weighted by Crippen LogP contribution is 2.34. The van der Waals surface area contributed by atoms with Gasteiger partial charge in [0, 0.05) is 23.3 Å². The van der Waals surface area contributed by atoms with Crippen molar-refractivity contribution in [3.05, 3.63) is 91.8 Å². The summed E-state index contributed by atoms with van der Waals surface area (Å²) in [6.45, 7) is 9.32. The molecule has 0 aliphatic heterocycles. The van der Waals surface area contributed by atoms with Gasteiger partial charge in [0.1, 0.15) is 11.5 Å². The van der Waals surface area contributed by atoms with E-state index in [2.05, 4.69) is 5.10 Å². The van der Waals surface area contributed by atoms with Gasteiger partial charge >= 0.3 is 5.97 Å². The highest BCUT2D eigenvalue weighted by Gasteiger charge is 2.21. The molecular weight excluding hydrogens is 540 g/mol. The number of carbonyl (C=O) groups excluding carboxylic acids is 1. The molecule has 0 amide bonds. The van der Waals surface area contributed by atoms with E-state index in [1.54, 1.807) is 38.3 Å². The first-order valence-electron chi connectivity index (χ1n) is 13.4. The van der Waals surface area contributed by atoms with Gasteiger partial charge in [-0.1, -0.05) is 26.0 Å². The molecule has 42 heavy (non-hydrogen) atoms. The number of aryl methyl sites for hydroxylation is 1. The third kappa shape index (κ3) is 6.14. The van der Waals surface area contributed by atoms with Crippen molar-refractivity contribution in [2.24, 2.45) is 5.10 Å². The van der Waals surface area contributed by atoms with Gasteiger partial charge in [0.05, 0.1) is 35.8 Å². The molecule has 0 fully saturated rings. The summed E-state index contributed by atoms with van der Waals surface area (Å²) in [6.07, 6.45) is 0.291. The fourth-order valence-corrected chi connectivity index (χ4v) is 4.45. The zero-order valence-electron chi connectivity index (χ0n) is 24.3. The van der Waals surface area contributed by atoms with Crippen LogP contribution in [0.3, 0.4) is 0 Å². The Morgan fingerprint density at radius 3 is 2.52 bits per heavy atom. The van der Waals surface area contributed by atoms with Crippen molar-refractivity contribution in [1.29, 1.82) is 0 Å². The number of non-ortho nitro benzene ring substituents is 1. The van der Waals surface area contributed by atoms with Crippen molar-refractivity contribution in [3.63, 3.8) is 0 Å². The van der Waals surface area contributed by atoms with Gasteiger partial charge in [0.15, 0.2) is 11.9 Å². The zero-order valence-corrected chi connectivity index (χ0v) is 24.3. The molecule has 218 valence electrons. The Morgan fingerprint density at radius 1 is 1.12 bits per heavy atom. The van der Waals surface area contributed by atoms with Gasteiger partial charge in [-0.25, -0.2) is 9.78 Å². The molecule has 0 saturated heterocycles. The summed E-state index contributed by atoms with van der Waals surface area (Å²) in [4.78, 5) is 41.8. The first-order chi connectivity index (χ1) is 20.0. The summed E-state index contributed by atoms with van der Waals surface area (Å²) in [7, 11) is 1.61. The third-order valence-corrected chi connectivity index (χ3v) is 6.63. The average molecular weight is 573 g/mol. The molecule has 0 aliphatic rings. The fraction of sp³-hybridized carbons (Fsp3) is 0.290. The fourth-order valence-electron chi connectivity index (χ4n) is 4.45. The summed E-state index contributed by atoms with van der Waals surface area (Å²) in [6, 6.07) is 14.7. The van der Waals surface area contributed by atoms with Crippen molar-refractivity contribution in [2.75, 3.05) is 13.7 Å². The number of nitro groups is 1. The van der Waals surface area contributed by atoms with Gasteiger partial charge in [-0.15, -0.1) is 0 Å². The van der Waals surface area contributed by atoms with Gasteiger partial charge in [-0.3, -0.25) is 14.9 Å². The molecule has 0 saturated carbocycles. The number of fused-ring (bicyclic) bond motifs is 1. The number of methoxy groups -OCH3 is 1. The van der Waals surface area contributed by atoms with Gasteiger partial charge in [-0.05, 0) is 68.1 Å². The predicted molar refractivity (Wildman–Crippen MR) is 160 cm³/mol. The van der Waals surface area contributed by atoms with Crippen molar-refractivity contribution < 1.29 is 23.9 Å². The van der Waals surface area contributed by atoms with Crippen molar-refractivity contribution >= 4 is 28.8 Å². The molecule has 0 spiro atoms. The summed E-state index contributed by atoms with van der Waals surface area (Å²) in [5, 5.41) is 16.4. The first kappa shape index (κ1) is 29.9. The van der Waals surface area contributed by atoms with Crippen LogP contribution in [0.25, 0.3) is 22.3 Å². The molecule has 0 aliphatic carbocycles. The Kier molecular flexibility index (Phi) is 8.99. The number of hydrogen-bond acceptors (Lipinski definition) is 9. The smallest absolute Gasteiger partial charge is 0.347 e. The van der Waals surface area contributed by atoms with Crippen LogP contribution in [0.15, 0.2) is 64.5 Å². The molecule has 11 heteroatoms. The first-order valence-corrected chi connectivity index (χ1v) is 13.4. The van der Waals surface area contributed by atoms with E-state index in [0.717, 1.165) is 16.9 Å². The summed E-state index contributed by atoms with van der Waals surface area (Å²) in [5.74, 6) is 0.681. The second-order valence-corrected chi connectivity index (χ2v) is 9.87. The molecule has 0 bridgehead atoms. The number of nitro benzene ring substituents is 1. The molecule has 11 nitrogen and oxygen atoms in total. The van der Waals surface area contributed by atoms with Crippen LogP contribution in [0.2, 0.25) is 0 Å². The van der Waals surface area contributed by atoms with Gasteiger partial charge in [0.25, 0.3) is 11.2 Å². The number of nitrogens with zero attached hydrogens (tertiary/aromatic N) is 4. The Hall–Kier alpha value is -5.06. The normalized spacial score (nSPS) is 12.1. The Bertz CT molecular complexity index is 1740. The topological polar surface area (TPSA) is 135 Å². The molecule has 0 unspecified atom stereocenters. The molecular formula is C31H32N4O7. The van der Waals surface area contributed by atoms with Gasteiger partial charge in [0.2, 0.25) is 0 Å². The number of ether oxygens (including phenoxy) is 3. The van der Waals surface area contributed by atoms with Crippen LogP contribution < -0.4 is 15.0 Å². The van der Waals surface area contributed by atoms with Crippen LogP contribution >= 0.6 is 0 Å². The maximum Gasteiger partial charge on any atom is 0.347 e. The number of hydrogen-bond donors (Lipinski definition) is 0. The lowest BCUT2D eigenvalue weighted by atomic mass is 9.96. The number of esters is 1. The minimum atomic E-state index is -0.990. The number of benzene rings is 3. The molecule has 4 aromatic rings. The molecule has 4 rings (SSSR count). The number of para-hydroxylation sites is 1. The van der Waals surface area contributed by atoms with E-state index in [4.69, 9.17) is 19.2 Å². The highest BCUT2D eigenvalue weighted by atomic mass is 16.6. The van der Waals surface area contributed by atoms with Crippen LogP contribution in [-0.4, -0.2) is 46.6 Å². The Labute approximate surface area is 242 Å². The van der Waals surface area contributed by atoms with E-state index >= 15 is 0 Å². The van der Waals surface area contributed by atoms with Crippen LogP contribution in [0.4, 0.5) is 5.69 Å². The summed E-state index contributed by atoms with van der Waals surface area (Å²) >= 11 is 0. The monoisotopic (exact) mass is 572 g/mol. The standard InChI is InChI=1S/C31H32N4O7/c1-7-41-31(37)20(5)42-27-13-12-22(35(38)39)15-21(27)17-32-34-29(33-26-11-9-8-10-23(26)30(34)36)25-16-24(18(2)3)28(40-6)14-19(25)4/h8-18,20H,7H2,1-6H3/t20-/m0/s1. The minimum Gasteiger partial charge on any atom is -0.496 e. The number of aromatic nitrogens is 2. The van der Waals surface area contributed by atoms with E-state index in [0.29, 0.717) is 16.5 Å². The van der Waals surface area contributed by atoms with Crippen LogP contribution in [0.5, 0.6) is 11.5 Å². The highest BCUT2D eigenvalue weighted by molar-refractivity contribution is 5.86. The third-order valence-electron chi connectivity index (χ3n) is 6.63. The zero-order chi connectivity index (χ0) is 30.6. The van der Waals surface area contributed by atoms with Crippen molar-refractivity contribution in [1.82, 2.24) is 9.66 Å². The van der Waals surface area contributed by atoms with E-state index in [1.807, 2.05) is 32.9 Å². The predicted octanol–water partition coefficient (Wildman–Crippen LogP) is 5.62. The quantitative estimate of drug-likeness (QED) is 0.103. The van der Waals surface area contributed by atoms with E-state index in [9.17, 15) is 19.7 Å². The lowest BCUT2D eigenvalue weighted by molar-refractivity contribution is -0.384. The van der Waals surface area contributed by atoms with Gasteiger partial charge in [-0.2, -0.15) is 9.78 Å². The van der Waals surface area contributed by atoms with Crippen molar-refractivity contribution in [3.8, 4) is 22.9 Å². The summed E-state index contributed by atoms with van der Waals surface area (Å²) in [5.41, 5.74) is 2.44.